The van der Waals surface area contributed by atoms with E-state index in [1.807, 2.05) is 6.07 Å². The molecule has 0 amide bonds. The van der Waals surface area contributed by atoms with E-state index in [-0.39, 0.29) is 0 Å². The molecule has 2 saturated carbocycles. The summed E-state index contributed by atoms with van der Waals surface area (Å²) >= 11 is 1.39. The van der Waals surface area contributed by atoms with Crippen LogP contribution in [0.15, 0.2) is 22.6 Å². The highest BCUT2D eigenvalue weighted by Crippen LogP contribution is 2.46. The summed E-state index contributed by atoms with van der Waals surface area (Å²) in [7, 11) is 0. The van der Waals surface area contributed by atoms with Gasteiger partial charge in [0.1, 0.15) is 17.6 Å². The lowest BCUT2D eigenvalue weighted by atomic mass is 10.4. The van der Waals surface area contributed by atoms with E-state index in [1.54, 1.807) is 12.3 Å². The standard InChI is InChI=1S/C13H12N6S/c14-7-9-5-6-15-12(16-9)20-13-18-17-11(8-1-2-8)19(13)10-3-4-10/h5-6,8,10H,1-4H2. The molecule has 2 heterocycles. The lowest BCUT2D eigenvalue weighted by molar-refractivity contribution is 0.626. The van der Waals surface area contributed by atoms with E-state index < -0.39 is 0 Å². The van der Waals surface area contributed by atoms with Gasteiger partial charge >= 0.3 is 0 Å². The van der Waals surface area contributed by atoms with Crippen LogP contribution in [0.5, 0.6) is 0 Å². The van der Waals surface area contributed by atoms with Gasteiger partial charge in [0.15, 0.2) is 10.3 Å². The van der Waals surface area contributed by atoms with Crippen molar-refractivity contribution in [1.29, 1.82) is 5.26 Å². The number of nitrogens with zero attached hydrogens (tertiary/aromatic N) is 6. The van der Waals surface area contributed by atoms with E-state index in [2.05, 4.69) is 24.7 Å². The Labute approximate surface area is 120 Å². The lowest BCUT2D eigenvalue weighted by Gasteiger charge is -2.07. The Hall–Kier alpha value is -1.94. The Morgan fingerprint density at radius 3 is 2.80 bits per heavy atom. The van der Waals surface area contributed by atoms with Gasteiger partial charge in [0.05, 0.1) is 0 Å². The summed E-state index contributed by atoms with van der Waals surface area (Å²) in [5.41, 5.74) is 0.377. The van der Waals surface area contributed by atoms with Crippen LogP contribution in [0.3, 0.4) is 0 Å². The van der Waals surface area contributed by atoms with Crippen LogP contribution in [0.25, 0.3) is 0 Å². The molecule has 0 unspecified atom stereocenters. The van der Waals surface area contributed by atoms with E-state index >= 15 is 0 Å². The van der Waals surface area contributed by atoms with Crippen molar-refractivity contribution in [3.63, 3.8) is 0 Å². The maximum absolute atomic E-state index is 8.88. The summed E-state index contributed by atoms with van der Waals surface area (Å²) in [6.07, 6.45) is 6.44. The number of nitriles is 1. The molecular formula is C13H12N6S. The zero-order valence-electron chi connectivity index (χ0n) is 10.7. The van der Waals surface area contributed by atoms with E-state index in [1.165, 1.54) is 37.4 Å². The van der Waals surface area contributed by atoms with E-state index in [0.29, 0.717) is 22.8 Å². The molecule has 7 heteroatoms. The zero-order valence-corrected chi connectivity index (χ0v) is 11.5. The summed E-state index contributed by atoms with van der Waals surface area (Å²) in [5, 5.41) is 18.9. The van der Waals surface area contributed by atoms with Crippen LogP contribution in [0.4, 0.5) is 0 Å². The second-order valence-corrected chi connectivity index (χ2v) is 6.09. The van der Waals surface area contributed by atoms with Crippen molar-refractivity contribution in [3.05, 3.63) is 23.8 Å². The van der Waals surface area contributed by atoms with Crippen LogP contribution in [0.1, 0.15) is 49.2 Å². The molecule has 20 heavy (non-hydrogen) atoms. The number of hydrogen-bond donors (Lipinski definition) is 0. The van der Waals surface area contributed by atoms with Gasteiger partial charge in [-0.15, -0.1) is 10.2 Å². The van der Waals surface area contributed by atoms with Gasteiger partial charge in [-0.2, -0.15) is 5.26 Å². The summed E-state index contributed by atoms with van der Waals surface area (Å²) < 4.78 is 2.25. The maximum Gasteiger partial charge on any atom is 0.199 e. The van der Waals surface area contributed by atoms with Crippen molar-refractivity contribution >= 4 is 11.8 Å². The summed E-state index contributed by atoms with van der Waals surface area (Å²) in [4.78, 5) is 8.38. The summed E-state index contributed by atoms with van der Waals surface area (Å²) in [6, 6.07) is 4.18. The molecule has 0 atom stereocenters. The molecule has 2 fully saturated rings. The van der Waals surface area contributed by atoms with E-state index in [0.717, 1.165) is 11.0 Å². The van der Waals surface area contributed by atoms with Gasteiger partial charge in [0.25, 0.3) is 0 Å². The Morgan fingerprint density at radius 1 is 1.25 bits per heavy atom. The first kappa shape index (κ1) is 11.9. The molecule has 2 aliphatic carbocycles. The van der Waals surface area contributed by atoms with Crippen LogP contribution < -0.4 is 0 Å². The molecule has 0 aromatic carbocycles. The molecule has 100 valence electrons. The van der Waals surface area contributed by atoms with E-state index in [4.69, 9.17) is 5.26 Å². The number of rotatable bonds is 4. The van der Waals surface area contributed by atoms with Crippen molar-refractivity contribution in [2.75, 3.05) is 0 Å². The molecule has 0 spiro atoms. The van der Waals surface area contributed by atoms with Gasteiger partial charge in [-0.05, 0) is 43.5 Å². The lowest BCUT2D eigenvalue weighted by Crippen LogP contribution is -2.02. The maximum atomic E-state index is 8.88. The SMILES string of the molecule is N#Cc1ccnc(Sc2nnc(C3CC3)n2C2CC2)n1. The Morgan fingerprint density at radius 2 is 2.10 bits per heavy atom. The molecule has 2 aromatic rings. The average Bonchev–Trinajstić information content (AvgIpc) is 3.38. The molecule has 0 radical (unpaired) electrons. The van der Waals surface area contributed by atoms with Crippen LogP contribution in [0, 0.1) is 11.3 Å². The van der Waals surface area contributed by atoms with Crippen LogP contribution in [-0.4, -0.2) is 24.7 Å². The van der Waals surface area contributed by atoms with Crippen molar-refractivity contribution in [2.45, 2.75) is 48.0 Å². The minimum atomic E-state index is 0.377. The predicted molar refractivity (Wildman–Crippen MR) is 71.1 cm³/mol. The first-order chi connectivity index (χ1) is 9.85. The first-order valence-corrected chi connectivity index (χ1v) is 7.52. The highest BCUT2D eigenvalue weighted by atomic mass is 32.2. The third-order valence-corrected chi connectivity index (χ3v) is 4.32. The van der Waals surface area contributed by atoms with Gasteiger partial charge in [-0.3, -0.25) is 0 Å². The quantitative estimate of drug-likeness (QED) is 0.801. The molecule has 0 aliphatic heterocycles. The Balaban J connectivity index is 1.66. The normalized spacial score (nSPS) is 17.9. The van der Waals surface area contributed by atoms with Gasteiger partial charge < -0.3 is 4.57 Å². The number of hydrogen-bond acceptors (Lipinski definition) is 6. The molecule has 0 bridgehead atoms. The summed E-state index contributed by atoms with van der Waals surface area (Å²) in [6.45, 7) is 0. The number of aromatic nitrogens is 5. The van der Waals surface area contributed by atoms with Crippen molar-refractivity contribution in [1.82, 2.24) is 24.7 Å². The predicted octanol–water partition coefficient (Wildman–Crippen LogP) is 2.30. The molecule has 0 N–H and O–H groups in total. The minimum absolute atomic E-state index is 0.377. The highest BCUT2D eigenvalue weighted by molar-refractivity contribution is 7.99. The fourth-order valence-corrected chi connectivity index (χ4v) is 3.03. The van der Waals surface area contributed by atoms with E-state index in [9.17, 15) is 0 Å². The molecule has 4 rings (SSSR count). The third-order valence-electron chi connectivity index (χ3n) is 3.48. The van der Waals surface area contributed by atoms with Crippen molar-refractivity contribution in [2.24, 2.45) is 0 Å². The highest BCUT2D eigenvalue weighted by Gasteiger charge is 2.36. The second-order valence-electron chi connectivity index (χ2n) is 5.15. The molecular weight excluding hydrogens is 272 g/mol. The Bertz CT molecular complexity index is 695. The minimum Gasteiger partial charge on any atom is -0.302 e. The molecule has 0 saturated heterocycles. The van der Waals surface area contributed by atoms with Crippen molar-refractivity contribution in [3.8, 4) is 6.07 Å². The first-order valence-electron chi connectivity index (χ1n) is 6.71. The molecule has 6 nitrogen and oxygen atoms in total. The second kappa shape index (κ2) is 4.56. The topological polar surface area (TPSA) is 80.3 Å². The smallest absolute Gasteiger partial charge is 0.199 e. The monoisotopic (exact) mass is 284 g/mol. The summed E-state index contributed by atoms with van der Waals surface area (Å²) in [5.74, 6) is 1.70. The fourth-order valence-electron chi connectivity index (χ4n) is 2.19. The molecule has 2 aromatic heterocycles. The molecule has 2 aliphatic rings. The Kier molecular flexibility index (Phi) is 2.70. The van der Waals surface area contributed by atoms with Crippen LogP contribution >= 0.6 is 11.8 Å². The third kappa shape index (κ3) is 2.16. The van der Waals surface area contributed by atoms with Crippen molar-refractivity contribution < 1.29 is 0 Å². The van der Waals surface area contributed by atoms with Crippen LogP contribution in [-0.2, 0) is 0 Å². The van der Waals surface area contributed by atoms with Gasteiger partial charge in [0.2, 0.25) is 0 Å². The average molecular weight is 284 g/mol. The zero-order chi connectivity index (χ0) is 13.5. The van der Waals surface area contributed by atoms with Gasteiger partial charge in [0, 0.05) is 18.2 Å². The fraction of sp³-hybridized carbons (Fsp3) is 0.462. The largest absolute Gasteiger partial charge is 0.302 e. The van der Waals surface area contributed by atoms with Gasteiger partial charge in [-0.25, -0.2) is 9.97 Å². The van der Waals surface area contributed by atoms with Gasteiger partial charge in [-0.1, -0.05) is 0 Å². The van der Waals surface area contributed by atoms with Crippen LogP contribution in [0.2, 0.25) is 0 Å².